The smallest absolute Gasteiger partial charge is 0.128 e. The van der Waals surface area contributed by atoms with Gasteiger partial charge in [-0.15, -0.1) is 0 Å². The normalized spacial score (nSPS) is 17.5. The maximum Gasteiger partial charge on any atom is 0.128 e. The Morgan fingerprint density at radius 1 is 1.04 bits per heavy atom. The SMILES string of the molecule is Fc1ccccc1[C@@H]1c2[nH]c3ccccc3c2CCN1Cc1ccco1. The molecular weight excluding hydrogens is 327 g/mol. The van der Waals surface area contributed by atoms with Crippen LogP contribution in [0.1, 0.15) is 28.6 Å². The average Bonchev–Trinajstić information content (AvgIpc) is 3.30. The second-order valence-electron chi connectivity index (χ2n) is 6.79. The molecule has 0 saturated heterocycles. The molecule has 0 unspecified atom stereocenters. The van der Waals surface area contributed by atoms with Crippen LogP contribution >= 0.6 is 0 Å². The Kier molecular flexibility index (Phi) is 3.64. The van der Waals surface area contributed by atoms with Crippen LogP contribution in [0.3, 0.4) is 0 Å². The van der Waals surface area contributed by atoms with Gasteiger partial charge in [-0.1, -0.05) is 36.4 Å². The predicted molar refractivity (Wildman–Crippen MR) is 99.4 cm³/mol. The van der Waals surface area contributed by atoms with Crippen molar-refractivity contribution in [2.45, 2.75) is 19.0 Å². The summed E-state index contributed by atoms with van der Waals surface area (Å²) in [4.78, 5) is 5.85. The number of nitrogens with zero attached hydrogens (tertiary/aromatic N) is 1. The van der Waals surface area contributed by atoms with Gasteiger partial charge in [0.05, 0.1) is 18.8 Å². The van der Waals surface area contributed by atoms with E-state index in [1.807, 2.05) is 30.3 Å². The third-order valence-electron chi connectivity index (χ3n) is 5.27. The fraction of sp³-hybridized carbons (Fsp3) is 0.182. The van der Waals surface area contributed by atoms with Gasteiger partial charge in [0, 0.05) is 28.7 Å². The van der Waals surface area contributed by atoms with Crippen molar-refractivity contribution in [2.75, 3.05) is 6.54 Å². The predicted octanol–water partition coefficient (Wildman–Crippen LogP) is 5.05. The van der Waals surface area contributed by atoms with Crippen LogP contribution in [0.5, 0.6) is 0 Å². The van der Waals surface area contributed by atoms with Crippen molar-refractivity contribution in [3.8, 4) is 0 Å². The number of aromatic nitrogens is 1. The van der Waals surface area contributed by atoms with Crippen molar-refractivity contribution in [2.24, 2.45) is 0 Å². The lowest BCUT2D eigenvalue weighted by Crippen LogP contribution is -2.36. The van der Waals surface area contributed by atoms with Gasteiger partial charge in [0.25, 0.3) is 0 Å². The zero-order chi connectivity index (χ0) is 17.5. The third kappa shape index (κ3) is 2.45. The van der Waals surface area contributed by atoms with Crippen molar-refractivity contribution in [3.63, 3.8) is 0 Å². The maximum absolute atomic E-state index is 14.7. The number of H-pyrrole nitrogens is 1. The van der Waals surface area contributed by atoms with Gasteiger partial charge in [-0.3, -0.25) is 4.90 Å². The number of nitrogens with one attached hydrogen (secondary N) is 1. The molecule has 1 aliphatic heterocycles. The van der Waals surface area contributed by atoms with E-state index in [1.54, 1.807) is 12.3 Å². The Morgan fingerprint density at radius 2 is 1.88 bits per heavy atom. The topological polar surface area (TPSA) is 32.2 Å². The van der Waals surface area contributed by atoms with Crippen molar-refractivity contribution >= 4 is 10.9 Å². The number of benzene rings is 2. The van der Waals surface area contributed by atoms with E-state index < -0.39 is 0 Å². The maximum atomic E-state index is 14.7. The Morgan fingerprint density at radius 3 is 2.73 bits per heavy atom. The van der Waals surface area contributed by atoms with Gasteiger partial charge in [-0.05, 0) is 36.2 Å². The minimum absolute atomic E-state index is 0.155. The third-order valence-corrected chi connectivity index (χ3v) is 5.27. The molecular formula is C22H19FN2O. The van der Waals surface area contributed by atoms with Crippen molar-refractivity contribution in [1.29, 1.82) is 0 Å². The van der Waals surface area contributed by atoms with E-state index in [0.29, 0.717) is 12.1 Å². The van der Waals surface area contributed by atoms with Crippen molar-refractivity contribution < 1.29 is 8.81 Å². The quantitative estimate of drug-likeness (QED) is 0.563. The molecule has 0 fully saturated rings. The highest BCUT2D eigenvalue weighted by molar-refractivity contribution is 5.85. The second kappa shape index (κ2) is 6.15. The first kappa shape index (κ1) is 15.4. The summed E-state index contributed by atoms with van der Waals surface area (Å²) >= 11 is 0. The summed E-state index contributed by atoms with van der Waals surface area (Å²) in [6.07, 6.45) is 2.62. The van der Waals surface area contributed by atoms with Crippen LogP contribution in [0.2, 0.25) is 0 Å². The van der Waals surface area contributed by atoms with Crippen molar-refractivity contribution in [1.82, 2.24) is 9.88 Å². The molecule has 2 aromatic heterocycles. The highest BCUT2D eigenvalue weighted by Crippen LogP contribution is 2.39. The molecule has 0 amide bonds. The Bertz CT molecular complexity index is 1050. The Balaban J connectivity index is 1.67. The first-order chi connectivity index (χ1) is 12.8. The van der Waals surface area contributed by atoms with E-state index in [4.69, 9.17) is 4.42 Å². The molecule has 3 heterocycles. The number of aromatic amines is 1. The first-order valence-corrected chi connectivity index (χ1v) is 8.91. The molecule has 1 aliphatic rings. The van der Waals surface area contributed by atoms with Gasteiger partial charge in [-0.2, -0.15) is 0 Å². The number of para-hydroxylation sites is 1. The summed E-state index contributed by atoms with van der Waals surface area (Å²) in [7, 11) is 0. The summed E-state index contributed by atoms with van der Waals surface area (Å²) < 4.78 is 20.3. The molecule has 4 aromatic rings. The molecule has 130 valence electrons. The molecule has 0 radical (unpaired) electrons. The summed E-state index contributed by atoms with van der Waals surface area (Å²) in [5.41, 5.74) is 4.20. The molecule has 0 bridgehead atoms. The van der Waals surface area contributed by atoms with E-state index in [0.717, 1.165) is 29.9 Å². The molecule has 4 heteroatoms. The number of hydrogen-bond acceptors (Lipinski definition) is 2. The first-order valence-electron chi connectivity index (χ1n) is 8.91. The van der Waals surface area contributed by atoms with Crippen LogP contribution in [0.25, 0.3) is 10.9 Å². The van der Waals surface area contributed by atoms with Crippen LogP contribution in [-0.2, 0) is 13.0 Å². The number of hydrogen-bond donors (Lipinski definition) is 1. The highest BCUT2D eigenvalue weighted by Gasteiger charge is 2.33. The lowest BCUT2D eigenvalue weighted by Gasteiger charge is -2.35. The summed E-state index contributed by atoms with van der Waals surface area (Å²) in [6.45, 7) is 1.51. The number of halogens is 1. The molecule has 2 aromatic carbocycles. The van der Waals surface area contributed by atoms with Gasteiger partial charge in [0.15, 0.2) is 0 Å². The van der Waals surface area contributed by atoms with Gasteiger partial charge in [0.2, 0.25) is 0 Å². The van der Waals surface area contributed by atoms with E-state index in [-0.39, 0.29) is 11.9 Å². The zero-order valence-corrected chi connectivity index (χ0v) is 14.3. The molecule has 5 rings (SSSR count). The molecule has 0 saturated carbocycles. The van der Waals surface area contributed by atoms with Crippen LogP contribution in [0, 0.1) is 5.82 Å². The summed E-state index contributed by atoms with van der Waals surface area (Å²) in [6, 6.07) is 19.1. The highest BCUT2D eigenvalue weighted by atomic mass is 19.1. The summed E-state index contributed by atoms with van der Waals surface area (Å²) in [5.74, 6) is 0.722. The molecule has 0 aliphatic carbocycles. The monoisotopic (exact) mass is 346 g/mol. The average molecular weight is 346 g/mol. The lowest BCUT2D eigenvalue weighted by atomic mass is 9.92. The molecule has 1 atom stereocenters. The fourth-order valence-electron chi connectivity index (χ4n) is 4.11. The largest absolute Gasteiger partial charge is 0.468 e. The molecule has 26 heavy (non-hydrogen) atoms. The minimum Gasteiger partial charge on any atom is -0.468 e. The number of furan rings is 1. The standard InChI is InChI=1S/C22H19FN2O/c23-19-9-3-1-8-18(19)22-21-17(16-7-2-4-10-20(16)24-21)11-12-25(22)14-15-6-5-13-26-15/h1-10,13,22,24H,11-12,14H2/t22-/m1/s1. The van der Waals surface area contributed by atoms with E-state index >= 15 is 0 Å². The van der Waals surface area contributed by atoms with Crippen LogP contribution in [0.4, 0.5) is 4.39 Å². The number of rotatable bonds is 3. The van der Waals surface area contributed by atoms with Gasteiger partial charge < -0.3 is 9.40 Å². The van der Waals surface area contributed by atoms with Crippen LogP contribution in [0.15, 0.2) is 71.3 Å². The Labute approximate surface area is 151 Å². The van der Waals surface area contributed by atoms with Crippen molar-refractivity contribution in [3.05, 3.63) is 95.3 Å². The second-order valence-corrected chi connectivity index (χ2v) is 6.79. The minimum atomic E-state index is -0.173. The Hall–Kier alpha value is -2.85. The van der Waals surface area contributed by atoms with Gasteiger partial charge >= 0.3 is 0 Å². The lowest BCUT2D eigenvalue weighted by molar-refractivity contribution is 0.183. The fourth-order valence-corrected chi connectivity index (χ4v) is 4.11. The number of fused-ring (bicyclic) bond motifs is 3. The molecule has 0 spiro atoms. The van der Waals surface area contributed by atoms with E-state index in [9.17, 15) is 4.39 Å². The van der Waals surface area contributed by atoms with E-state index in [1.165, 1.54) is 17.0 Å². The van der Waals surface area contributed by atoms with Gasteiger partial charge in [0.1, 0.15) is 11.6 Å². The van der Waals surface area contributed by atoms with Gasteiger partial charge in [-0.25, -0.2) is 4.39 Å². The van der Waals surface area contributed by atoms with Crippen LogP contribution < -0.4 is 0 Å². The zero-order valence-electron chi connectivity index (χ0n) is 14.3. The van der Waals surface area contributed by atoms with E-state index in [2.05, 4.69) is 28.1 Å². The van der Waals surface area contributed by atoms with Crippen LogP contribution in [-0.4, -0.2) is 16.4 Å². The summed E-state index contributed by atoms with van der Waals surface area (Å²) in [5, 5.41) is 1.24. The molecule has 3 nitrogen and oxygen atoms in total. The molecule has 1 N–H and O–H groups in total.